The van der Waals surface area contributed by atoms with Gasteiger partial charge in [0.15, 0.2) is 6.29 Å². The zero-order valence-corrected chi connectivity index (χ0v) is 16.3. The number of rotatable bonds is 3. The maximum atomic E-state index is 12.0. The second kappa shape index (κ2) is 6.85. The van der Waals surface area contributed by atoms with Gasteiger partial charge in [0.05, 0.1) is 31.3 Å². The largest absolute Gasteiger partial charge is 0.466 e. The van der Waals surface area contributed by atoms with Crippen LogP contribution in [-0.4, -0.2) is 48.7 Å². The number of hydrogen-bond acceptors (Lipinski definition) is 6. The Balaban J connectivity index is 1.45. The highest BCUT2D eigenvalue weighted by atomic mass is 16.7. The van der Waals surface area contributed by atoms with Crippen molar-refractivity contribution in [1.29, 1.82) is 0 Å². The molecule has 0 spiro atoms. The van der Waals surface area contributed by atoms with E-state index in [2.05, 4.69) is 32.9 Å². The van der Waals surface area contributed by atoms with Gasteiger partial charge in [0.2, 0.25) is 0 Å². The first kappa shape index (κ1) is 18.9. The number of ether oxygens (including phenoxy) is 4. The van der Waals surface area contributed by atoms with Crippen molar-refractivity contribution in [2.24, 2.45) is 11.8 Å². The van der Waals surface area contributed by atoms with E-state index in [0.717, 1.165) is 5.56 Å². The number of hydrogen-bond donors (Lipinski definition) is 1. The standard InChI is InChI=1S/C21H28O6/c1-5-24-19(23)15-14-16(22)17-13(26-18(14)15)10-25-20(27-17)11-6-8-12(9-7-11)21(2,3)4/h6-9,13-18,20,22H,5,10H2,1-4H3/t13-,14?,15?,16-,17-,18?,20?/m1/s1. The van der Waals surface area contributed by atoms with Gasteiger partial charge in [-0.15, -0.1) is 0 Å². The first-order valence-electron chi connectivity index (χ1n) is 9.69. The first-order chi connectivity index (χ1) is 12.8. The molecule has 0 amide bonds. The molecule has 1 N–H and O–H groups in total. The van der Waals surface area contributed by atoms with Crippen LogP contribution in [0.25, 0.3) is 0 Å². The van der Waals surface area contributed by atoms with Crippen LogP contribution in [0.4, 0.5) is 0 Å². The molecule has 1 saturated carbocycles. The summed E-state index contributed by atoms with van der Waals surface area (Å²) in [5, 5.41) is 10.7. The van der Waals surface area contributed by atoms with Gasteiger partial charge < -0.3 is 24.1 Å². The molecule has 27 heavy (non-hydrogen) atoms. The third-order valence-electron chi connectivity index (χ3n) is 5.74. The normalized spacial score (nSPS) is 37.9. The van der Waals surface area contributed by atoms with Crippen LogP contribution in [0, 0.1) is 11.8 Å². The summed E-state index contributed by atoms with van der Waals surface area (Å²) in [7, 11) is 0. The molecule has 0 aromatic heterocycles. The lowest BCUT2D eigenvalue weighted by molar-refractivity contribution is -0.300. The molecular weight excluding hydrogens is 348 g/mol. The molecule has 2 heterocycles. The van der Waals surface area contributed by atoms with Gasteiger partial charge in [0.1, 0.15) is 12.2 Å². The Hall–Kier alpha value is -1.47. The quantitative estimate of drug-likeness (QED) is 0.817. The summed E-state index contributed by atoms with van der Waals surface area (Å²) >= 11 is 0. The number of aliphatic hydroxyl groups is 1. The smallest absolute Gasteiger partial charge is 0.312 e. The molecule has 148 valence electrons. The number of fused-ring (bicyclic) bond motifs is 2. The third-order valence-corrected chi connectivity index (χ3v) is 5.74. The summed E-state index contributed by atoms with van der Waals surface area (Å²) in [5.74, 6) is -0.966. The van der Waals surface area contributed by atoms with Crippen molar-refractivity contribution in [1.82, 2.24) is 0 Å². The van der Waals surface area contributed by atoms with Gasteiger partial charge in [0, 0.05) is 11.5 Å². The van der Waals surface area contributed by atoms with Crippen molar-refractivity contribution in [3.63, 3.8) is 0 Å². The minimum absolute atomic E-state index is 0.0778. The molecule has 1 aromatic rings. The van der Waals surface area contributed by atoms with Gasteiger partial charge in [-0.05, 0) is 17.9 Å². The second-order valence-electron chi connectivity index (χ2n) is 8.62. The van der Waals surface area contributed by atoms with E-state index in [1.54, 1.807) is 6.92 Å². The van der Waals surface area contributed by atoms with E-state index in [4.69, 9.17) is 18.9 Å². The zero-order valence-electron chi connectivity index (χ0n) is 16.3. The molecule has 6 nitrogen and oxygen atoms in total. The maximum absolute atomic E-state index is 12.0. The number of carbonyl (C=O) groups excluding carboxylic acids is 1. The second-order valence-corrected chi connectivity index (χ2v) is 8.62. The lowest BCUT2D eigenvalue weighted by Gasteiger charge is -2.41. The number of aliphatic hydroxyl groups excluding tert-OH is 1. The summed E-state index contributed by atoms with van der Waals surface area (Å²) in [4.78, 5) is 12.0. The molecule has 7 atom stereocenters. The van der Waals surface area contributed by atoms with Crippen LogP contribution in [0.3, 0.4) is 0 Å². The van der Waals surface area contributed by atoms with Gasteiger partial charge in [-0.25, -0.2) is 0 Å². The van der Waals surface area contributed by atoms with Gasteiger partial charge in [-0.2, -0.15) is 0 Å². The van der Waals surface area contributed by atoms with E-state index in [-0.39, 0.29) is 29.5 Å². The third kappa shape index (κ3) is 3.40. The van der Waals surface area contributed by atoms with Crippen LogP contribution < -0.4 is 0 Å². The van der Waals surface area contributed by atoms with Gasteiger partial charge in [0.25, 0.3) is 0 Å². The van der Waals surface area contributed by atoms with E-state index in [1.807, 2.05) is 12.1 Å². The van der Waals surface area contributed by atoms with Crippen LogP contribution in [-0.2, 0) is 29.2 Å². The highest BCUT2D eigenvalue weighted by molar-refractivity contribution is 5.77. The Morgan fingerprint density at radius 1 is 1.19 bits per heavy atom. The van der Waals surface area contributed by atoms with E-state index < -0.39 is 24.4 Å². The van der Waals surface area contributed by atoms with Gasteiger partial charge >= 0.3 is 5.97 Å². The fraction of sp³-hybridized carbons (Fsp3) is 0.667. The van der Waals surface area contributed by atoms with E-state index in [9.17, 15) is 9.90 Å². The first-order valence-corrected chi connectivity index (χ1v) is 9.69. The molecule has 1 aliphatic carbocycles. The van der Waals surface area contributed by atoms with Crippen molar-refractivity contribution in [3.8, 4) is 0 Å². The Kier molecular flexibility index (Phi) is 4.79. The maximum Gasteiger partial charge on any atom is 0.312 e. The van der Waals surface area contributed by atoms with Crippen LogP contribution in [0.5, 0.6) is 0 Å². The minimum Gasteiger partial charge on any atom is -0.466 e. The molecule has 3 aliphatic rings. The van der Waals surface area contributed by atoms with E-state index >= 15 is 0 Å². The molecule has 1 aromatic carbocycles. The highest BCUT2D eigenvalue weighted by Gasteiger charge is 2.67. The minimum atomic E-state index is -0.761. The van der Waals surface area contributed by atoms with Gasteiger partial charge in [-0.1, -0.05) is 45.0 Å². The molecule has 0 bridgehead atoms. The Bertz CT molecular complexity index is 694. The highest BCUT2D eigenvalue weighted by Crippen LogP contribution is 2.52. The monoisotopic (exact) mass is 376 g/mol. The Morgan fingerprint density at radius 2 is 1.89 bits per heavy atom. The Morgan fingerprint density at radius 3 is 2.52 bits per heavy atom. The fourth-order valence-electron chi connectivity index (χ4n) is 4.12. The van der Waals surface area contributed by atoms with Crippen LogP contribution in [0.2, 0.25) is 0 Å². The summed E-state index contributed by atoms with van der Waals surface area (Å²) in [6, 6.07) is 8.16. The van der Waals surface area contributed by atoms with Crippen molar-refractivity contribution >= 4 is 5.97 Å². The van der Waals surface area contributed by atoms with Crippen LogP contribution >= 0.6 is 0 Å². The fourth-order valence-corrected chi connectivity index (χ4v) is 4.12. The van der Waals surface area contributed by atoms with Crippen molar-refractivity contribution < 1.29 is 28.8 Å². The van der Waals surface area contributed by atoms with E-state index in [0.29, 0.717) is 13.2 Å². The summed E-state index contributed by atoms with van der Waals surface area (Å²) in [6.07, 6.45) is -2.48. The predicted octanol–water partition coefficient (Wildman–Crippen LogP) is 2.34. The van der Waals surface area contributed by atoms with Crippen molar-refractivity contribution in [2.75, 3.05) is 13.2 Å². The molecule has 6 heteroatoms. The SMILES string of the molecule is CCOC(=O)C1C2O[C@@H]3COC(c4ccc(C(C)(C)C)cc4)O[C@H]3[C@H](O)C21. The van der Waals surface area contributed by atoms with Crippen LogP contribution in [0.1, 0.15) is 45.1 Å². The zero-order chi connectivity index (χ0) is 19.3. The predicted molar refractivity (Wildman–Crippen MR) is 97.0 cm³/mol. The average molecular weight is 376 g/mol. The van der Waals surface area contributed by atoms with E-state index in [1.165, 1.54) is 5.56 Å². The molecule has 3 fully saturated rings. The number of benzene rings is 1. The molecule has 2 saturated heterocycles. The lowest BCUT2D eigenvalue weighted by Crippen LogP contribution is -2.53. The summed E-state index contributed by atoms with van der Waals surface area (Å²) in [6.45, 7) is 8.93. The number of esters is 1. The Labute approximate surface area is 159 Å². The molecule has 4 unspecified atom stereocenters. The summed E-state index contributed by atoms with van der Waals surface area (Å²) in [5.41, 5.74) is 2.22. The van der Waals surface area contributed by atoms with Crippen molar-refractivity contribution in [2.45, 2.75) is 63.8 Å². The lowest BCUT2D eigenvalue weighted by atomic mass is 9.86. The topological polar surface area (TPSA) is 74.2 Å². The molecule has 0 radical (unpaired) electrons. The molecule has 4 rings (SSSR count). The van der Waals surface area contributed by atoms with Gasteiger partial charge in [-0.3, -0.25) is 4.79 Å². The van der Waals surface area contributed by atoms with Crippen molar-refractivity contribution in [3.05, 3.63) is 35.4 Å². The summed E-state index contributed by atoms with van der Waals surface area (Å²) < 4.78 is 22.9. The molecular formula is C21H28O6. The molecule has 2 aliphatic heterocycles. The number of carbonyl (C=O) groups is 1. The van der Waals surface area contributed by atoms with Crippen LogP contribution in [0.15, 0.2) is 24.3 Å². The average Bonchev–Trinajstić information content (AvgIpc) is 3.36.